The van der Waals surface area contributed by atoms with E-state index in [1.54, 1.807) is 24.6 Å². The number of H-pyrrole nitrogens is 1. The van der Waals surface area contributed by atoms with Crippen LogP contribution in [0.1, 0.15) is 11.9 Å². The van der Waals surface area contributed by atoms with Gasteiger partial charge < -0.3 is 15.4 Å². The number of likely N-dealkylation sites (N-methyl/N-ethyl adjacent to an activating group) is 1. The molecule has 0 radical (unpaired) electrons. The minimum atomic E-state index is -0.958. The Labute approximate surface area is 110 Å². The maximum absolute atomic E-state index is 11.0. The van der Waals surface area contributed by atoms with Gasteiger partial charge in [-0.15, -0.1) is 11.3 Å². The predicted octanol–water partition coefficient (Wildman–Crippen LogP) is 2.25. The molecule has 0 saturated carbocycles. The molecule has 3 N–H and O–H groups in total. The Bertz CT molecular complexity index is 537. The number of aromatic nitrogens is 2. The summed E-state index contributed by atoms with van der Waals surface area (Å²) in [6.45, 7) is 0. The van der Waals surface area contributed by atoms with Crippen molar-refractivity contribution < 1.29 is 9.90 Å². The van der Waals surface area contributed by atoms with Crippen molar-refractivity contribution in [2.75, 3.05) is 7.05 Å². The van der Waals surface area contributed by atoms with Crippen LogP contribution in [0.15, 0.2) is 22.1 Å². The Morgan fingerprint density at radius 3 is 3.00 bits per heavy atom. The predicted molar refractivity (Wildman–Crippen MR) is 69.0 cm³/mol. The second-order valence-electron chi connectivity index (χ2n) is 3.37. The molecule has 0 aromatic carbocycles. The van der Waals surface area contributed by atoms with Gasteiger partial charge in [0.15, 0.2) is 6.04 Å². The quantitative estimate of drug-likeness (QED) is 0.808. The average Bonchev–Trinajstić information content (AvgIpc) is 2.87. The first-order valence-corrected chi connectivity index (χ1v) is 6.48. The van der Waals surface area contributed by atoms with Crippen LogP contribution in [0.2, 0.25) is 0 Å². The summed E-state index contributed by atoms with van der Waals surface area (Å²) in [5, 5.41) is 13.6. The first-order chi connectivity index (χ1) is 8.11. The number of hydrogen-bond acceptors (Lipinski definition) is 4. The summed E-state index contributed by atoms with van der Waals surface area (Å²) in [6.07, 6.45) is 1.64. The van der Waals surface area contributed by atoms with Crippen molar-refractivity contribution in [1.29, 1.82) is 0 Å². The minimum Gasteiger partial charge on any atom is -0.480 e. The van der Waals surface area contributed by atoms with Gasteiger partial charge in [-0.05, 0) is 29.0 Å². The topological polar surface area (TPSA) is 78.0 Å². The number of carboxylic acid groups (broad SMARTS) is 1. The first kappa shape index (κ1) is 12.3. The number of nitrogens with zero attached hydrogens (tertiary/aromatic N) is 1. The molecule has 0 aliphatic rings. The smallest absolute Gasteiger partial charge is 0.328 e. The zero-order valence-electron chi connectivity index (χ0n) is 8.90. The summed E-state index contributed by atoms with van der Waals surface area (Å²) < 4.78 is 0.997. The molecule has 0 saturated heterocycles. The number of aliphatic carboxylic acids is 1. The largest absolute Gasteiger partial charge is 0.480 e. The van der Waals surface area contributed by atoms with Crippen LogP contribution in [0.4, 0.5) is 0 Å². The van der Waals surface area contributed by atoms with E-state index in [-0.39, 0.29) is 0 Å². The van der Waals surface area contributed by atoms with Gasteiger partial charge in [-0.2, -0.15) is 0 Å². The van der Waals surface area contributed by atoms with Crippen LogP contribution in [0.5, 0.6) is 0 Å². The number of nitrogens with one attached hydrogen (secondary N) is 2. The minimum absolute atomic E-state index is 0.402. The molecule has 2 aromatic heterocycles. The lowest BCUT2D eigenvalue weighted by atomic mass is 10.3. The van der Waals surface area contributed by atoms with Gasteiger partial charge in [0.2, 0.25) is 0 Å². The second kappa shape index (κ2) is 4.99. The fourth-order valence-corrected chi connectivity index (χ4v) is 2.83. The molecule has 0 aliphatic heterocycles. The van der Waals surface area contributed by atoms with Gasteiger partial charge in [-0.1, -0.05) is 0 Å². The summed E-state index contributed by atoms with van der Waals surface area (Å²) in [5.41, 5.74) is 0.817. The lowest BCUT2D eigenvalue weighted by molar-refractivity contribution is -0.139. The number of aromatic amines is 1. The lowest BCUT2D eigenvalue weighted by Gasteiger charge is -2.06. The SMILES string of the molecule is CNC(C(=O)O)c1ncc(-c2cc(Br)cs2)[nH]1. The monoisotopic (exact) mass is 315 g/mol. The van der Waals surface area contributed by atoms with E-state index < -0.39 is 12.0 Å². The zero-order chi connectivity index (χ0) is 12.4. The molecule has 1 atom stereocenters. The molecular formula is C10H10BrN3O2S. The fraction of sp³-hybridized carbons (Fsp3) is 0.200. The van der Waals surface area contributed by atoms with Gasteiger partial charge in [-0.25, -0.2) is 4.98 Å². The van der Waals surface area contributed by atoms with Gasteiger partial charge in [0.1, 0.15) is 5.82 Å². The third-order valence-electron chi connectivity index (χ3n) is 2.24. The Morgan fingerprint density at radius 1 is 1.71 bits per heavy atom. The molecule has 0 amide bonds. The first-order valence-electron chi connectivity index (χ1n) is 4.81. The Balaban J connectivity index is 2.29. The van der Waals surface area contributed by atoms with E-state index in [4.69, 9.17) is 5.11 Å². The van der Waals surface area contributed by atoms with E-state index in [2.05, 4.69) is 31.2 Å². The molecule has 90 valence electrons. The van der Waals surface area contributed by atoms with Crippen molar-refractivity contribution in [2.45, 2.75) is 6.04 Å². The van der Waals surface area contributed by atoms with Gasteiger partial charge in [0.25, 0.3) is 0 Å². The third-order valence-corrected chi connectivity index (χ3v) is 3.96. The molecule has 17 heavy (non-hydrogen) atoms. The Hall–Kier alpha value is -1.18. The van der Waals surface area contributed by atoms with E-state index in [1.165, 1.54) is 0 Å². The second-order valence-corrected chi connectivity index (χ2v) is 5.20. The highest BCUT2D eigenvalue weighted by Crippen LogP contribution is 2.29. The molecule has 0 spiro atoms. The molecule has 5 nitrogen and oxygen atoms in total. The molecule has 2 heterocycles. The van der Waals surface area contributed by atoms with Crippen LogP contribution in [-0.4, -0.2) is 28.1 Å². The molecule has 0 bridgehead atoms. The van der Waals surface area contributed by atoms with Crippen molar-refractivity contribution in [3.8, 4) is 10.6 Å². The molecule has 2 rings (SSSR count). The van der Waals surface area contributed by atoms with Crippen LogP contribution in [0.25, 0.3) is 10.6 Å². The zero-order valence-corrected chi connectivity index (χ0v) is 11.3. The van der Waals surface area contributed by atoms with Crippen LogP contribution in [0.3, 0.4) is 0 Å². The molecule has 0 aliphatic carbocycles. The summed E-state index contributed by atoms with van der Waals surface area (Å²) in [6, 6.07) is 1.14. The van der Waals surface area contributed by atoms with E-state index in [1.807, 2.05) is 11.4 Å². The van der Waals surface area contributed by atoms with Crippen LogP contribution >= 0.6 is 27.3 Å². The van der Waals surface area contributed by atoms with Crippen molar-refractivity contribution in [3.63, 3.8) is 0 Å². The maximum Gasteiger partial charge on any atom is 0.328 e. The van der Waals surface area contributed by atoms with Crippen LogP contribution in [-0.2, 0) is 4.79 Å². The molecule has 2 aromatic rings. The summed E-state index contributed by atoms with van der Waals surface area (Å²) >= 11 is 4.93. The normalized spacial score (nSPS) is 12.6. The van der Waals surface area contributed by atoms with Gasteiger partial charge in [-0.3, -0.25) is 4.79 Å². The highest BCUT2D eigenvalue weighted by molar-refractivity contribution is 9.10. The third kappa shape index (κ3) is 2.56. The fourth-order valence-electron chi connectivity index (χ4n) is 1.44. The van der Waals surface area contributed by atoms with Gasteiger partial charge in [0.05, 0.1) is 16.8 Å². The standard InChI is InChI=1S/C10H10BrN3O2S/c1-12-8(10(15)16)9-13-3-6(14-9)7-2-5(11)4-17-7/h2-4,8,12H,1H3,(H,13,14)(H,15,16). The average molecular weight is 316 g/mol. The molecular weight excluding hydrogens is 306 g/mol. The number of carboxylic acids is 1. The summed E-state index contributed by atoms with van der Waals surface area (Å²) in [5.74, 6) is -0.555. The summed E-state index contributed by atoms with van der Waals surface area (Å²) in [7, 11) is 1.59. The highest BCUT2D eigenvalue weighted by atomic mass is 79.9. The van der Waals surface area contributed by atoms with E-state index in [0.717, 1.165) is 15.0 Å². The molecule has 7 heteroatoms. The van der Waals surface area contributed by atoms with E-state index in [9.17, 15) is 4.79 Å². The maximum atomic E-state index is 11.0. The van der Waals surface area contributed by atoms with Crippen molar-refractivity contribution >= 4 is 33.2 Å². The number of imidazole rings is 1. The number of carbonyl (C=O) groups is 1. The van der Waals surface area contributed by atoms with E-state index >= 15 is 0 Å². The number of thiophene rings is 1. The number of rotatable bonds is 4. The highest BCUT2D eigenvalue weighted by Gasteiger charge is 2.21. The molecule has 0 fully saturated rings. The Kier molecular flexibility index (Phi) is 3.60. The van der Waals surface area contributed by atoms with Gasteiger partial charge >= 0.3 is 5.97 Å². The summed E-state index contributed by atoms with van der Waals surface area (Å²) in [4.78, 5) is 19.1. The van der Waals surface area contributed by atoms with E-state index in [0.29, 0.717) is 5.82 Å². The van der Waals surface area contributed by atoms with Gasteiger partial charge in [0, 0.05) is 9.85 Å². The molecule has 1 unspecified atom stereocenters. The lowest BCUT2D eigenvalue weighted by Crippen LogP contribution is -2.26. The number of halogens is 1. The van der Waals surface area contributed by atoms with Crippen molar-refractivity contribution in [1.82, 2.24) is 15.3 Å². The number of hydrogen-bond donors (Lipinski definition) is 3. The van der Waals surface area contributed by atoms with Crippen LogP contribution < -0.4 is 5.32 Å². The van der Waals surface area contributed by atoms with Crippen LogP contribution in [0, 0.1) is 0 Å². The Morgan fingerprint density at radius 2 is 2.47 bits per heavy atom. The van der Waals surface area contributed by atoms with Crippen molar-refractivity contribution in [2.24, 2.45) is 0 Å². The van der Waals surface area contributed by atoms with Crippen molar-refractivity contribution in [3.05, 3.63) is 27.9 Å².